The van der Waals surface area contributed by atoms with Gasteiger partial charge in [-0.25, -0.2) is 4.98 Å². The summed E-state index contributed by atoms with van der Waals surface area (Å²) in [5.74, 6) is 1.79. The minimum absolute atomic E-state index is 0. The summed E-state index contributed by atoms with van der Waals surface area (Å²) in [5, 5.41) is 18.3. The Morgan fingerprint density at radius 3 is 2.84 bits per heavy atom. The number of thiazole rings is 1. The molecule has 1 saturated carbocycles. The van der Waals surface area contributed by atoms with Gasteiger partial charge in [-0.1, -0.05) is 31.6 Å². The molecule has 0 aliphatic heterocycles. The topological polar surface area (TPSA) is 85.1 Å². The third-order valence-corrected chi connectivity index (χ3v) is 6.73. The van der Waals surface area contributed by atoms with Crippen molar-refractivity contribution in [2.24, 2.45) is 13.0 Å². The first-order chi connectivity index (χ1) is 15.2. The van der Waals surface area contributed by atoms with Crippen molar-refractivity contribution in [2.45, 2.75) is 39.2 Å². The lowest BCUT2D eigenvalue weighted by Crippen LogP contribution is -2.34. The molecule has 0 spiro atoms. The van der Waals surface area contributed by atoms with Crippen LogP contribution >= 0.6 is 11.3 Å². The predicted octanol–water partition coefficient (Wildman–Crippen LogP) is 5.48. The van der Waals surface area contributed by atoms with Crippen molar-refractivity contribution < 1.29 is 9.84 Å². The number of fused-ring (bicyclic) bond motifs is 1. The average Bonchev–Trinajstić information content (AvgIpc) is 3.39. The van der Waals surface area contributed by atoms with Crippen molar-refractivity contribution in [3.05, 3.63) is 48.9 Å². The number of pyridine rings is 1. The number of aromatic nitrogens is 4. The van der Waals surface area contributed by atoms with E-state index in [1.807, 2.05) is 43.6 Å². The van der Waals surface area contributed by atoms with E-state index in [4.69, 9.17) is 9.72 Å². The molecule has 3 heterocycles. The van der Waals surface area contributed by atoms with E-state index in [1.54, 1.807) is 28.4 Å². The summed E-state index contributed by atoms with van der Waals surface area (Å²) in [5.41, 5.74) is 2.72. The van der Waals surface area contributed by atoms with Crippen LogP contribution in [0.4, 0.5) is 5.13 Å². The van der Waals surface area contributed by atoms with Crippen LogP contribution in [0.15, 0.2) is 48.9 Å². The molecule has 1 aliphatic carbocycles. The standard InChI is InChI=1S/C23H25N5O2S.CH4/c1-28-13-16(12-25-28)21-10-18(8-9-24-21)30-17-6-7-20-22(11-17)31-23(27-20)26-19-5-3-2-4-15(19)14-29;/h6-13,15,19,29H,2-5,14H2,1H3,(H,26,27);1H4/t15-,19+;/m1./s1. The van der Waals surface area contributed by atoms with E-state index in [1.165, 1.54) is 12.8 Å². The summed E-state index contributed by atoms with van der Waals surface area (Å²) in [6.07, 6.45) is 10.0. The van der Waals surface area contributed by atoms with Gasteiger partial charge in [0.1, 0.15) is 11.5 Å². The quantitative estimate of drug-likeness (QED) is 0.404. The summed E-state index contributed by atoms with van der Waals surface area (Å²) >= 11 is 1.62. The number of hydrogen-bond donors (Lipinski definition) is 2. The van der Waals surface area contributed by atoms with Crippen LogP contribution in [0.25, 0.3) is 21.5 Å². The van der Waals surface area contributed by atoms with E-state index >= 15 is 0 Å². The number of rotatable bonds is 6. The Balaban J connectivity index is 0.00000245. The third kappa shape index (κ3) is 4.76. The van der Waals surface area contributed by atoms with E-state index in [0.717, 1.165) is 50.9 Å². The Labute approximate surface area is 192 Å². The second-order valence-electron chi connectivity index (χ2n) is 8.01. The first kappa shape index (κ1) is 22.2. The Bertz CT molecular complexity index is 1190. The lowest BCUT2D eigenvalue weighted by Gasteiger charge is -2.30. The highest BCUT2D eigenvalue weighted by Crippen LogP contribution is 2.34. The zero-order valence-electron chi connectivity index (χ0n) is 17.4. The first-order valence-electron chi connectivity index (χ1n) is 10.6. The van der Waals surface area contributed by atoms with Gasteiger partial charge in [0, 0.05) is 55.7 Å². The maximum absolute atomic E-state index is 9.67. The van der Waals surface area contributed by atoms with Crippen molar-refractivity contribution >= 4 is 26.7 Å². The van der Waals surface area contributed by atoms with Crippen molar-refractivity contribution in [2.75, 3.05) is 11.9 Å². The Morgan fingerprint density at radius 1 is 1.19 bits per heavy atom. The van der Waals surface area contributed by atoms with Crippen LogP contribution in [0, 0.1) is 5.92 Å². The number of aliphatic hydroxyl groups is 1. The number of nitrogens with zero attached hydrogens (tertiary/aromatic N) is 4. The van der Waals surface area contributed by atoms with Crippen LogP contribution in [0.3, 0.4) is 0 Å². The van der Waals surface area contributed by atoms with E-state index < -0.39 is 0 Å². The lowest BCUT2D eigenvalue weighted by molar-refractivity contribution is 0.178. The minimum Gasteiger partial charge on any atom is -0.457 e. The highest BCUT2D eigenvalue weighted by molar-refractivity contribution is 7.22. The highest BCUT2D eigenvalue weighted by atomic mass is 32.1. The number of hydrogen-bond acceptors (Lipinski definition) is 7. The third-order valence-electron chi connectivity index (χ3n) is 5.78. The van der Waals surface area contributed by atoms with Gasteiger partial charge in [0.05, 0.1) is 22.1 Å². The SMILES string of the molecule is C.Cn1cc(-c2cc(Oc3ccc4nc(N[C@H]5CCCC[C@@H]5CO)sc4c3)ccn2)cn1. The Morgan fingerprint density at radius 2 is 2.03 bits per heavy atom. The van der Waals surface area contributed by atoms with Crippen molar-refractivity contribution in [3.8, 4) is 22.8 Å². The van der Waals surface area contributed by atoms with Crippen molar-refractivity contribution in [3.63, 3.8) is 0 Å². The zero-order chi connectivity index (χ0) is 21.2. The summed E-state index contributed by atoms with van der Waals surface area (Å²) in [6, 6.07) is 10.00. The van der Waals surface area contributed by atoms with Crippen LogP contribution < -0.4 is 10.1 Å². The number of nitrogens with one attached hydrogen (secondary N) is 1. The van der Waals surface area contributed by atoms with Crippen molar-refractivity contribution in [1.29, 1.82) is 0 Å². The van der Waals surface area contributed by atoms with Gasteiger partial charge in [0.25, 0.3) is 0 Å². The van der Waals surface area contributed by atoms with Gasteiger partial charge in [-0.15, -0.1) is 0 Å². The van der Waals surface area contributed by atoms with E-state index in [9.17, 15) is 5.11 Å². The fourth-order valence-corrected chi connectivity index (χ4v) is 5.08. The zero-order valence-corrected chi connectivity index (χ0v) is 18.2. The molecular weight excluding hydrogens is 422 g/mol. The minimum atomic E-state index is 0. The lowest BCUT2D eigenvalue weighted by atomic mass is 9.85. The number of aryl methyl sites for hydroxylation is 1. The van der Waals surface area contributed by atoms with Crippen LogP contribution in [0.1, 0.15) is 33.1 Å². The predicted molar refractivity (Wildman–Crippen MR) is 129 cm³/mol. The summed E-state index contributed by atoms with van der Waals surface area (Å²) < 4.78 is 8.93. The summed E-state index contributed by atoms with van der Waals surface area (Å²) in [4.78, 5) is 9.15. The van der Waals surface area contributed by atoms with E-state index in [-0.39, 0.29) is 20.1 Å². The largest absolute Gasteiger partial charge is 0.457 e. The monoisotopic (exact) mass is 451 g/mol. The molecule has 1 aliphatic rings. The number of anilines is 1. The maximum Gasteiger partial charge on any atom is 0.184 e. The summed E-state index contributed by atoms with van der Waals surface area (Å²) in [7, 11) is 1.88. The van der Waals surface area contributed by atoms with E-state index in [2.05, 4.69) is 15.4 Å². The molecule has 0 bridgehead atoms. The second-order valence-corrected chi connectivity index (χ2v) is 9.04. The molecule has 0 unspecified atom stereocenters. The van der Waals surface area contributed by atoms with Gasteiger partial charge in [-0.2, -0.15) is 5.10 Å². The normalized spacial score (nSPS) is 18.3. The van der Waals surface area contributed by atoms with Crippen LogP contribution in [-0.2, 0) is 7.05 Å². The molecule has 32 heavy (non-hydrogen) atoms. The van der Waals surface area contributed by atoms with Gasteiger partial charge in [0.2, 0.25) is 0 Å². The fraction of sp³-hybridized carbons (Fsp3) is 0.375. The molecule has 3 aromatic heterocycles. The first-order valence-corrected chi connectivity index (χ1v) is 11.4. The molecule has 4 aromatic rings. The van der Waals surface area contributed by atoms with Crippen LogP contribution in [-0.4, -0.2) is 37.5 Å². The molecule has 0 radical (unpaired) electrons. The average molecular weight is 452 g/mol. The second kappa shape index (κ2) is 9.67. The van der Waals surface area contributed by atoms with Gasteiger partial charge >= 0.3 is 0 Å². The molecule has 1 aromatic carbocycles. The Hall–Kier alpha value is -2.97. The maximum atomic E-state index is 9.67. The number of ether oxygens (including phenoxy) is 1. The van der Waals surface area contributed by atoms with Crippen LogP contribution in [0.5, 0.6) is 11.5 Å². The molecule has 2 N–H and O–H groups in total. The van der Waals surface area contributed by atoms with Gasteiger partial charge in [-0.3, -0.25) is 9.67 Å². The van der Waals surface area contributed by atoms with Crippen molar-refractivity contribution in [1.82, 2.24) is 19.7 Å². The molecule has 168 valence electrons. The number of benzene rings is 1. The van der Waals surface area contributed by atoms with Gasteiger partial charge < -0.3 is 15.2 Å². The molecule has 0 amide bonds. The molecule has 0 saturated heterocycles. The Kier molecular flexibility index (Phi) is 6.72. The molecule has 1 fully saturated rings. The molecular formula is C24H29N5O2S. The van der Waals surface area contributed by atoms with Crippen LogP contribution in [0.2, 0.25) is 0 Å². The fourth-order valence-electron chi connectivity index (χ4n) is 4.13. The van der Waals surface area contributed by atoms with Gasteiger partial charge in [-0.05, 0) is 31.0 Å². The molecule has 5 rings (SSSR count). The van der Waals surface area contributed by atoms with Gasteiger partial charge in [0.15, 0.2) is 5.13 Å². The molecule has 8 heteroatoms. The molecule has 2 atom stereocenters. The van der Waals surface area contributed by atoms with E-state index in [0.29, 0.717) is 5.92 Å². The number of aliphatic hydroxyl groups excluding tert-OH is 1. The molecule has 7 nitrogen and oxygen atoms in total. The highest BCUT2D eigenvalue weighted by Gasteiger charge is 2.25. The smallest absolute Gasteiger partial charge is 0.184 e. The summed E-state index contributed by atoms with van der Waals surface area (Å²) in [6.45, 7) is 0.230.